The highest BCUT2D eigenvalue weighted by Gasteiger charge is 2.75. The molecule has 2 atom stereocenters. The molecule has 10 heteroatoms. The summed E-state index contributed by atoms with van der Waals surface area (Å²) in [5.74, 6) is -1.74. The number of Topliss-reactive ketones (excluding diaryl/α,β-unsaturated/α-hetero) is 1. The Morgan fingerprint density at radius 1 is 0.947 bits per heavy atom. The molecule has 3 aromatic carbocycles. The lowest BCUT2D eigenvalue weighted by Crippen LogP contribution is -2.77. The third kappa shape index (κ3) is 4.51. The van der Waals surface area contributed by atoms with Gasteiger partial charge in [-0.3, -0.25) is 9.59 Å². The molecule has 3 aromatic rings. The van der Waals surface area contributed by atoms with Crippen LogP contribution in [-0.4, -0.2) is 33.3 Å². The number of hydrogen-bond donors (Lipinski definition) is 3. The number of amides is 5. The number of nitrogens with zero attached hydrogens (tertiary/aromatic N) is 2. The number of carbonyl (C=O) groups excluding carboxylic acids is 4. The normalized spacial score (nSPS) is 19.0. The fraction of sp³-hybridized carbons (Fsp3) is 0.214. The van der Waals surface area contributed by atoms with Crippen LogP contribution in [0, 0.1) is 5.41 Å². The summed E-state index contributed by atoms with van der Waals surface area (Å²) in [4.78, 5) is 53.2. The predicted molar refractivity (Wildman–Crippen MR) is 146 cm³/mol. The van der Waals surface area contributed by atoms with Crippen molar-refractivity contribution in [3.63, 3.8) is 0 Å². The fourth-order valence-electron chi connectivity index (χ4n) is 4.51. The van der Waals surface area contributed by atoms with E-state index in [2.05, 4.69) is 10.6 Å². The van der Waals surface area contributed by atoms with Crippen molar-refractivity contribution in [2.24, 2.45) is 5.41 Å². The van der Waals surface area contributed by atoms with Crippen molar-refractivity contribution >= 4 is 52.4 Å². The summed E-state index contributed by atoms with van der Waals surface area (Å²) in [7, 11) is 0. The van der Waals surface area contributed by atoms with E-state index in [1.807, 2.05) is 0 Å². The van der Waals surface area contributed by atoms with Crippen LogP contribution in [-0.2, 0) is 16.1 Å². The molecule has 9 nitrogen and oxygen atoms in total. The Balaban J connectivity index is 2.02. The second kappa shape index (κ2) is 9.92. The first-order chi connectivity index (χ1) is 17.9. The molecule has 4 rings (SSSR count). The lowest BCUT2D eigenvalue weighted by Gasteiger charge is -2.46. The number of nitrogens with two attached hydrogens (primary N) is 1. The fourth-order valence-corrected chi connectivity index (χ4v) is 5.05. The standard InChI is InChI=1S/C28H28ClN5O4/c1-27(2,3)23(35)28(29,24(36)31-21-14-10-13-20(30)17-21)34(18-19-11-6-4-7-12-19)26(38)32-25(37)33(34)22-15-8-5-9-16-22/h4-17H,18,30H2,1-3H3,(H-,31,32,36,37,38)/p+1. The van der Waals surface area contributed by atoms with Crippen molar-refractivity contribution < 1.29 is 23.8 Å². The number of hydrogen-bond acceptors (Lipinski definition) is 5. The van der Waals surface area contributed by atoms with Crippen molar-refractivity contribution in [3.8, 4) is 0 Å². The molecule has 0 spiro atoms. The Morgan fingerprint density at radius 3 is 2.13 bits per heavy atom. The van der Waals surface area contributed by atoms with Crippen LogP contribution in [0.4, 0.5) is 26.7 Å². The molecule has 38 heavy (non-hydrogen) atoms. The molecular weight excluding hydrogens is 506 g/mol. The van der Waals surface area contributed by atoms with Gasteiger partial charge in [0, 0.05) is 22.4 Å². The molecule has 5 amide bonds. The van der Waals surface area contributed by atoms with Crippen LogP contribution in [0.25, 0.3) is 0 Å². The molecule has 4 N–H and O–H groups in total. The van der Waals surface area contributed by atoms with E-state index in [0.29, 0.717) is 11.3 Å². The second-order valence-electron chi connectivity index (χ2n) is 10.1. The summed E-state index contributed by atoms with van der Waals surface area (Å²) in [5.41, 5.74) is 6.19. The minimum absolute atomic E-state index is 0.273. The third-order valence-electron chi connectivity index (χ3n) is 6.28. The lowest BCUT2D eigenvalue weighted by molar-refractivity contribution is -0.877. The maximum Gasteiger partial charge on any atom is 0.452 e. The molecule has 1 aliphatic rings. The number of nitrogen functional groups attached to an aromatic ring is 1. The number of benzene rings is 3. The number of para-hydroxylation sites is 1. The van der Waals surface area contributed by atoms with Crippen LogP contribution in [0.15, 0.2) is 84.9 Å². The van der Waals surface area contributed by atoms with Gasteiger partial charge in [0.1, 0.15) is 12.2 Å². The SMILES string of the molecule is CC(C)(C)C(=O)C(Cl)(C(=O)Nc1cccc(N)c1)[N+]1(Cc2ccccc2)C(=O)NC(=O)N1c1ccccc1. The summed E-state index contributed by atoms with van der Waals surface area (Å²) < 4.78 is -1.17. The lowest BCUT2D eigenvalue weighted by atomic mass is 9.84. The van der Waals surface area contributed by atoms with Gasteiger partial charge in [-0.05, 0) is 41.9 Å². The second-order valence-corrected chi connectivity index (χ2v) is 10.6. The van der Waals surface area contributed by atoms with Crippen LogP contribution in [0.5, 0.6) is 0 Å². The number of urea groups is 2. The van der Waals surface area contributed by atoms with E-state index in [1.54, 1.807) is 99.6 Å². The van der Waals surface area contributed by atoms with Gasteiger partial charge in [-0.25, -0.2) is 14.9 Å². The largest absolute Gasteiger partial charge is 0.452 e. The number of rotatable bonds is 7. The first-order valence-corrected chi connectivity index (χ1v) is 12.3. The monoisotopic (exact) mass is 534 g/mol. The molecule has 0 saturated carbocycles. The van der Waals surface area contributed by atoms with E-state index < -0.39 is 38.8 Å². The van der Waals surface area contributed by atoms with Crippen molar-refractivity contribution in [3.05, 3.63) is 90.5 Å². The van der Waals surface area contributed by atoms with E-state index in [-0.39, 0.29) is 17.9 Å². The Kier molecular flexibility index (Phi) is 7.01. The number of carbonyl (C=O) groups is 4. The van der Waals surface area contributed by atoms with E-state index in [1.165, 1.54) is 6.07 Å². The Labute approximate surface area is 225 Å². The van der Waals surface area contributed by atoms with E-state index in [9.17, 15) is 19.2 Å². The summed E-state index contributed by atoms with van der Waals surface area (Å²) >= 11 is 7.26. The molecule has 0 aliphatic carbocycles. The van der Waals surface area contributed by atoms with Gasteiger partial charge in [0.05, 0.1) is 0 Å². The molecule has 1 heterocycles. The number of alkyl halides is 1. The van der Waals surface area contributed by atoms with Gasteiger partial charge < -0.3 is 11.1 Å². The Bertz CT molecular complexity index is 1390. The smallest absolute Gasteiger partial charge is 0.399 e. The zero-order valence-corrected chi connectivity index (χ0v) is 22.0. The zero-order chi connectivity index (χ0) is 27.7. The zero-order valence-electron chi connectivity index (χ0n) is 21.3. The molecule has 0 radical (unpaired) electrons. The van der Waals surface area contributed by atoms with Gasteiger partial charge in [0.25, 0.3) is 0 Å². The van der Waals surface area contributed by atoms with Crippen LogP contribution in [0.1, 0.15) is 26.3 Å². The van der Waals surface area contributed by atoms with Crippen molar-refractivity contribution in [2.75, 3.05) is 16.1 Å². The molecule has 0 bridgehead atoms. The highest BCUT2D eigenvalue weighted by Crippen LogP contribution is 2.45. The summed E-state index contributed by atoms with van der Waals surface area (Å²) in [6, 6.07) is 21.7. The maximum absolute atomic E-state index is 14.2. The predicted octanol–water partition coefficient (Wildman–Crippen LogP) is 5.04. The number of nitrogens with one attached hydrogen (secondary N) is 2. The number of imide groups is 1. The minimum Gasteiger partial charge on any atom is -0.399 e. The molecule has 1 saturated heterocycles. The molecular formula is C28H29ClN5O4+. The third-order valence-corrected chi connectivity index (χ3v) is 6.90. The van der Waals surface area contributed by atoms with Gasteiger partial charge in [-0.2, -0.15) is 0 Å². The van der Waals surface area contributed by atoms with Crippen LogP contribution in [0.3, 0.4) is 0 Å². The quantitative estimate of drug-likeness (QED) is 0.129. The highest BCUT2D eigenvalue weighted by molar-refractivity contribution is 6.47. The number of ketones is 1. The van der Waals surface area contributed by atoms with Gasteiger partial charge in [-0.15, -0.1) is 5.01 Å². The van der Waals surface area contributed by atoms with Gasteiger partial charge >= 0.3 is 23.0 Å². The molecule has 1 fully saturated rings. The summed E-state index contributed by atoms with van der Waals surface area (Å²) in [5, 5.41) is 6.04. The van der Waals surface area contributed by atoms with Crippen molar-refractivity contribution in [1.82, 2.24) is 5.32 Å². The Hall–Kier alpha value is -4.21. The average molecular weight is 535 g/mol. The first-order valence-electron chi connectivity index (χ1n) is 12.0. The summed E-state index contributed by atoms with van der Waals surface area (Å²) in [6.07, 6.45) is 0. The number of anilines is 3. The molecule has 2 unspecified atom stereocenters. The van der Waals surface area contributed by atoms with Gasteiger partial charge in [-0.1, -0.05) is 80.0 Å². The summed E-state index contributed by atoms with van der Waals surface area (Å²) in [6.45, 7) is 4.52. The first kappa shape index (κ1) is 26.8. The minimum atomic E-state index is -2.62. The van der Waals surface area contributed by atoms with E-state index >= 15 is 0 Å². The maximum atomic E-state index is 14.2. The number of halogens is 1. The van der Waals surface area contributed by atoms with Crippen LogP contribution < -0.4 is 21.4 Å². The van der Waals surface area contributed by atoms with Crippen LogP contribution in [0.2, 0.25) is 0 Å². The van der Waals surface area contributed by atoms with Gasteiger partial charge in [0.15, 0.2) is 0 Å². The van der Waals surface area contributed by atoms with Crippen molar-refractivity contribution in [1.29, 1.82) is 0 Å². The molecule has 1 aliphatic heterocycles. The number of quaternary nitrogens is 1. The van der Waals surface area contributed by atoms with Gasteiger partial charge in [0.2, 0.25) is 5.78 Å². The van der Waals surface area contributed by atoms with Crippen LogP contribution >= 0.6 is 11.6 Å². The molecule has 0 aromatic heterocycles. The Morgan fingerprint density at radius 2 is 1.55 bits per heavy atom. The molecule has 196 valence electrons. The van der Waals surface area contributed by atoms with E-state index in [4.69, 9.17) is 17.3 Å². The topological polar surface area (TPSA) is 122 Å². The van der Waals surface area contributed by atoms with Crippen molar-refractivity contribution in [2.45, 2.75) is 32.3 Å². The highest BCUT2D eigenvalue weighted by atomic mass is 35.5. The average Bonchev–Trinajstić information content (AvgIpc) is 3.13. The van der Waals surface area contributed by atoms with E-state index in [0.717, 1.165) is 5.01 Å².